The molecule has 0 saturated heterocycles. The van der Waals surface area contributed by atoms with Crippen LogP contribution in [0.5, 0.6) is 0 Å². The minimum Gasteiger partial charge on any atom is -0.463 e. The fraction of sp³-hybridized carbons (Fsp3) is 0.105. The SMILES string of the molecule is CCOC(=O)/C=C/C=C/c1ccc(NS(=O)(=O)c2ccc(Cl)cc2)cc1. The fourth-order valence-corrected chi connectivity index (χ4v) is 3.17. The molecule has 0 fully saturated rings. The van der Waals surface area contributed by atoms with E-state index in [1.54, 1.807) is 49.4 Å². The summed E-state index contributed by atoms with van der Waals surface area (Å²) in [7, 11) is -3.67. The van der Waals surface area contributed by atoms with Crippen LogP contribution in [0.3, 0.4) is 0 Å². The Balaban J connectivity index is 2.01. The van der Waals surface area contributed by atoms with Gasteiger partial charge in [-0.3, -0.25) is 4.72 Å². The number of nitrogens with one attached hydrogen (secondary N) is 1. The highest BCUT2D eigenvalue weighted by atomic mass is 35.5. The molecular weight excluding hydrogens is 374 g/mol. The summed E-state index contributed by atoms with van der Waals surface area (Å²) in [5.41, 5.74) is 1.30. The van der Waals surface area contributed by atoms with Crippen molar-refractivity contribution in [3.8, 4) is 0 Å². The molecule has 5 nitrogen and oxygen atoms in total. The first-order valence-corrected chi connectivity index (χ1v) is 9.67. The molecule has 0 aliphatic rings. The highest BCUT2D eigenvalue weighted by Gasteiger charge is 2.13. The van der Waals surface area contributed by atoms with E-state index in [1.807, 2.05) is 0 Å². The van der Waals surface area contributed by atoms with Gasteiger partial charge in [0.15, 0.2) is 0 Å². The maximum Gasteiger partial charge on any atom is 0.330 e. The number of rotatable bonds is 7. The van der Waals surface area contributed by atoms with E-state index in [1.165, 1.54) is 30.3 Å². The van der Waals surface area contributed by atoms with Crippen LogP contribution in [-0.2, 0) is 19.6 Å². The van der Waals surface area contributed by atoms with Crippen molar-refractivity contribution < 1.29 is 17.9 Å². The number of ether oxygens (including phenoxy) is 1. The van der Waals surface area contributed by atoms with Crippen molar-refractivity contribution in [1.82, 2.24) is 0 Å². The second-order valence-corrected chi connectivity index (χ2v) is 7.27. The zero-order valence-electron chi connectivity index (χ0n) is 14.1. The summed E-state index contributed by atoms with van der Waals surface area (Å²) >= 11 is 5.77. The quantitative estimate of drug-likeness (QED) is 0.434. The summed E-state index contributed by atoms with van der Waals surface area (Å²) in [6.07, 6.45) is 6.39. The third-order valence-electron chi connectivity index (χ3n) is 3.21. The second-order valence-electron chi connectivity index (χ2n) is 5.15. The first-order valence-electron chi connectivity index (χ1n) is 7.80. The van der Waals surface area contributed by atoms with Crippen LogP contribution in [-0.4, -0.2) is 21.0 Å². The number of hydrogen-bond donors (Lipinski definition) is 1. The van der Waals surface area contributed by atoms with Gasteiger partial charge in [0.05, 0.1) is 11.5 Å². The number of esters is 1. The Kier molecular flexibility index (Phi) is 7.00. The van der Waals surface area contributed by atoms with E-state index in [4.69, 9.17) is 16.3 Å². The van der Waals surface area contributed by atoms with E-state index in [2.05, 4.69) is 4.72 Å². The zero-order chi connectivity index (χ0) is 19.0. The van der Waals surface area contributed by atoms with Gasteiger partial charge in [0.2, 0.25) is 0 Å². The van der Waals surface area contributed by atoms with E-state index < -0.39 is 16.0 Å². The van der Waals surface area contributed by atoms with Gasteiger partial charge in [-0.1, -0.05) is 42.0 Å². The summed E-state index contributed by atoms with van der Waals surface area (Å²) < 4.78 is 31.9. The first-order chi connectivity index (χ1) is 12.4. The number of halogens is 1. The van der Waals surface area contributed by atoms with Gasteiger partial charge in [-0.25, -0.2) is 13.2 Å². The van der Waals surface area contributed by atoms with Crippen molar-refractivity contribution in [2.75, 3.05) is 11.3 Å². The lowest BCUT2D eigenvalue weighted by atomic mass is 10.2. The van der Waals surface area contributed by atoms with Crippen molar-refractivity contribution in [3.05, 3.63) is 77.3 Å². The van der Waals surface area contributed by atoms with Gasteiger partial charge in [0.25, 0.3) is 10.0 Å². The van der Waals surface area contributed by atoms with Gasteiger partial charge >= 0.3 is 5.97 Å². The molecule has 7 heteroatoms. The molecule has 2 aromatic carbocycles. The molecule has 0 radical (unpaired) electrons. The Morgan fingerprint density at radius 3 is 2.35 bits per heavy atom. The number of benzene rings is 2. The molecule has 26 heavy (non-hydrogen) atoms. The van der Waals surface area contributed by atoms with Crippen molar-refractivity contribution in [2.24, 2.45) is 0 Å². The van der Waals surface area contributed by atoms with Crippen LogP contribution in [0.1, 0.15) is 12.5 Å². The Bertz CT molecular complexity index is 902. The molecule has 0 amide bonds. The van der Waals surface area contributed by atoms with Crippen molar-refractivity contribution in [3.63, 3.8) is 0 Å². The second kappa shape index (κ2) is 9.22. The standard InChI is InChI=1S/C19H18ClNO4S/c1-2-25-19(22)6-4-3-5-15-7-11-17(12-8-15)21-26(23,24)18-13-9-16(20)10-14-18/h3-14,21H,2H2,1H3/b5-3+,6-4+. The molecule has 0 bridgehead atoms. The van der Waals surface area contributed by atoms with Gasteiger partial charge in [-0.05, 0) is 48.9 Å². The van der Waals surface area contributed by atoms with E-state index in [9.17, 15) is 13.2 Å². The van der Waals surface area contributed by atoms with Crippen LogP contribution in [0.2, 0.25) is 5.02 Å². The molecule has 136 valence electrons. The third kappa shape index (κ3) is 6.06. The molecule has 0 heterocycles. The third-order valence-corrected chi connectivity index (χ3v) is 4.85. The van der Waals surface area contributed by atoms with Gasteiger partial charge in [0, 0.05) is 16.8 Å². The van der Waals surface area contributed by atoms with Gasteiger partial charge < -0.3 is 4.74 Å². The number of hydrogen-bond acceptors (Lipinski definition) is 4. The Labute approximate surface area is 158 Å². The Hall–Kier alpha value is -2.57. The fourth-order valence-electron chi connectivity index (χ4n) is 1.98. The molecule has 0 atom stereocenters. The minimum atomic E-state index is -3.67. The van der Waals surface area contributed by atoms with E-state index >= 15 is 0 Å². The van der Waals surface area contributed by atoms with Crippen LogP contribution < -0.4 is 4.72 Å². The van der Waals surface area contributed by atoms with Crippen LogP contribution in [0.4, 0.5) is 5.69 Å². The van der Waals surface area contributed by atoms with Gasteiger partial charge in [0.1, 0.15) is 0 Å². The van der Waals surface area contributed by atoms with Gasteiger partial charge in [-0.2, -0.15) is 0 Å². The minimum absolute atomic E-state index is 0.134. The van der Waals surface area contributed by atoms with E-state index in [0.717, 1.165) is 5.56 Å². The lowest BCUT2D eigenvalue weighted by molar-refractivity contribution is -0.137. The maximum atomic E-state index is 12.3. The van der Waals surface area contributed by atoms with Crippen molar-refractivity contribution in [2.45, 2.75) is 11.8 Å². The lowest BCUT2D eigenvalue weighted by Gasteiger charge is -2.08. The summed E-state index contributed by atoms with van der Waals surface area (Å²) in [6.45, 7) is 2.07. The van der Waals surface area contributed by atoms with Crippen LogP contribution >= 0.6 is 11.6 Å². The summed E-state index contributed by atoms with van der Waals surface area (Å²) in [4.78, 5) is 11.3. The predicted octanol–water partition coefficient (Wildman–Crippen LogP) is 4.27. The summed E-state index contributed by atoms with van der Waals surface area (Å²) in [5.74, 6) is -0.399. The van der Waals surface area contributed by atoms with E-state index in [-0.39, 0.29) is 4.90 Å². The Morgan fingerprint density at radius 1 is 1.08 bits per heavy atom. The van der Waals surface area contributed by atoms with Crippen molar-refractivity contribution in [1.29, 1.82) is 0 Å². The molecule has 0 unspecified atom stereocenters. The molecule has 2 aromatic rings. The molecule has 2 rings (SSSR count). The summed E-state index contributed by atoms with van der Waals surface area (Å²) in [6, 6.07) is 12.8. The number of anilines is 1. The molecule has 0 spiro atoms. The van der Waals surface area contributed by atoms with Gasteiger partial charge in [-0.15, -0.1) is 0 Å². The maximum absolute atomic E-state index is 12.3. The number of sulfonamides is 1. The molecule has 0 aliphatic carbocycles. The molecule has 0 aliphatic heterocycles. The van der Waals surface area contributed by atoms with Crippen molar-refractivity contribution >= 4 is 39.4 Å². The highest BCUT2D eigenvalue weighted by Crippen LogP contribution is 2.19. The van der Waals surface area contributed by atoms with Crippen LogP contribution in [0.15, 0.2) is 71.7 Å². The van der Waals surface area contributed by atoms with Crippen LogP contribution in [0.25, 0.3) is 6.08 Å². The molecule has 0 aromatic heterocycles. The summed E-state index contributed by atoms with van der Waals surface area (Å²) in [5, 5.41) is 0.470. The largest absolute Gasteiger partial charge is 0.463 e. The topological polar surface area (TPSA) is 72.5 Å². The Morgan fingerprint density at radius 2 is 1.73 bits per heavy atom. The lowest BCUT2D eigenvalue weighted by Crippen LogP contribution is -2.12. The average Bonchev–Trinajstić information content (AvgIpc) is 2.60. The van der Waals surface area contributed by atoms with E-state index in [0.29, 0.717) is 17.3 Å². The zero-order valence-corrected chi connectivity index (χ0v) is 15.6. The molecule has 1 N–H and O–H groups in total. The smallest absolute Gasteiger partial charge is 0.330 e. The number of allylic oxidation sites excluding steroid dienone is 2. The predicted molar refractivity (Wildman–Crippen MR) is 104 cm³/mol. The monoisotopic (exact) mass is 391 g/mol. The average molecular weight is 392 g/mol. The molecule has 0 saturated carbocycles. The first kappa shape index (κ1) is 19.8. The highest BCUT2D eigenvalue weighted by molar-refractivity contribution is 7.92. The molecular formula is C19H18ClNO4S. The normalized spacial score (nSPS) is 11.8. The van der Waals surface area contributed by atoms with Crippen LogP contribution in [0, 0.1) is 0 Å². The number of carbonyl (C=O) groups is 1. The number of carbonyl (C=O) groups excluding carboxylic acids is 1.